The van der Waals surface area contributed by atoms with Crippen LogP contribution in [0.3, 0.4) is 0 Å². The molecule has 1 heterocycles. The molecule has 0 aliphatic heterocycles. The highest BCUT2D eigenvalue weighted by Crippen LogP contribution is 2.06. The summed E-state index contributed by atoms with van der Waals surface area (Å²) >= 11 is 5.51. The summed E-state index contributed by atoms with van der Waals surface area (Å²) in [5.41, 5.74) is 0.0758. The number of rotatable bonds is 3. The number of carbonyl (C=O) groups is 1. The fourth-order valence-corrected chi connectivity index (χ4v) is 1.31. The molecule has 0 spiro atoms. The van der Waals surface area contributed by atoms with Crippen molar-refractivity contribution in [3.8, 4) is 0 Å². The van der Waals surface area contributed by atoms with E-state index < -0.39 is 10.7 Å². The lowest BCUT2D eigenvalue weighted by Gasteiger charge is -1.96. The first-order chi connectivity index (χ1) is 6.11. The fraction of sp³-hybridized carbons (Fsp3) is 0.167. The average molecular weight is 221 g/mol. The van der Waals surface area contributed by atoms with Crippen LogP contribution in [-0.4, -0.2) is 24.7 Å². The third-order valence-electron chi connectivity index (χ3n) is 1.15. The maximum atomic E-state index is 10.3. The molecular weight excluding hydrogens is 216 g/mol. The van der Waals surface area contributed by atoms with Crippen LogP contribution in [0.1, 0.15) is 16.3 Å². The molecule has 0 atom stereocenters. The zero-order chi connectivity index (χ0) is 9.84. The number of aldehydes is 1. The van der Waals surface area contributed by atoms with E-state index in [1.807, 2.05) is 0 Å². The van der Waals surface area contributed by atoms with Gasteiger partial charge in [-0.1, -0.05) is 11.6 Å². The largest absolute Gasteiger partial charge is 0.296 e. The molecule has 0 radical (unpaired) electrons. The number of hydrogen-bond acceptors (Lipinski definition) is 5. The molecule has 0 saturated heterocycles. The van der Waals surface area contributed by atoms with E-state index in [-0.39, 0.29) is 22.4 Å². The topological polar surface area (TPSA) is 77.0 Å². The summed E-state index contributed by atoms with van der Waals surface area (Å²) in [5, 5.41) is 0.0592. The average Bonchev–Trinajstić information content (AvgIpc) is 2.01. The third kappa shape index (κ3) is 3.08. The summed E-state index contributed by atoms with van der Waals surface area (Å²) in [4.78, 5) is 17.6. The quantitative estimate of drug-likeness (QED) is 0.443. The fourth-order valence-electron chi connectivity index (χ4n) is 0.730. The van der Waals surface area contributed by atoms with Gasteiger partial charge in [-0.2, -0.15) is 0 Å². The standard InChI is InChI=1S/C6H5ClN2O3S/c7-5-1-4(2-10)8-6(9-5)3-13(11)12/h1-2,13H,3H2. The molecule has 0 bridgehead atoms. The zero-order valence-electron chi connectivity index (χ0n) is 6.31. The number of hydrogen-bond donors (Lipinski definition) is 1. The van der Waals surface area contributed by atoms with E-state index in [1.54, 1.807) is 0 Å². The molecule has 0 N–H and O–H groups in total. The van der Waals surface area contributed by atoms with Crippen LogP contribution in [0.2, 0.25) is 5.15 Å². The molecule has 70 valence electrons. The van der Waals surface area contributed by atoms with Crippen molar-refractivity contribution < 1.29 is 13.2 Å². The summed E-state index contributed by atoms with van der Waals surface area (Å²) in [6.07, 6.45) is 0.481. The van der Waals surface area contributed by atoms with Crippen LogP contribution >= 0.6 is 11.6 Å². The van der Waals surface area contributed by atoms with E-state index in [9.17, 15) is 13.2 Å². The highest BCUT2D eigenvalue weighted by molar-refractivity contribution is 7.71. The highest BCUT2D eigenvalue weighted by atomic mass is 35.5. The van der Waals surface area contributed by atoms with Crippen molar-refractivity contribution >= 4 is 28.6 Å². The molecule has 0 amide bonds. The molecule has 0 saturated carbocycles. The highest BCUT2D eigenvalue weighted by Gasteiger charge is 2.03. The van der Waals surface area contributed by atoms with E-state index in [1.165, 1.54) is 6.07 Å². The molecule has 5 nitrogen and oxygen atoms in total. The van der Waals surface area contributed by atoms with Gasteiger partial charge in [-0.3, -0.25) is 4.79 Å². The van der Waals surface area contributed by atoms with Crippen LogP contribution in [-0.2, 0) is 16.5 Å². The minimum Gasteiger partial charge on any atom is -0.296 e. The van der Waals surface area contributed by atoms with E-state index >= 15 is 0 Å². The summed E-state index contributed by atoms with van der Waals surface area (Å²) in [6, 6.07) is 1.26. The first kappa shape index (κ1) is 10.1. The van der Waals surface area contributed by atoms with Gasteiger partial charge in [0.15, 0.2) is 6.29 Å². The van der Waals surface area contributed by atoms with E-state index in [0.29, 0.717) is 6.29 Å². The Morgan fingerprint density at radius 1 is 1.46 bits per heavy atom. The van der Waals surface area contributed by atoms with Gasteiger partial charge in [0, 0.05) is 6.07 Å². The second-order valence-electron chi connectivity index (χ2n) is 2.14. The second-order valence-corrected chi connectivity index (χ2v) is 3.51. The van der Waals surface area contributed by atoms with E-state index in [0.717, 1.165) is 0 Å². The predicted octanol–water partition coefficient (Wildman–Crippen LogP) is 0.0539. The first-order valence-electron chi connectivity index (χ1n) is 3.22. The van der Waals surface area contributed by atoms with Crippen LogP contribution in [0.4, 0.5) is 0 Å². The van der Waals surface area contributed by atoms with Crippen LogP contribution < -0.4 is 0 Å². The predicted molar refractivity (Wildman–Crippen MR) is 46.4 cm³/mol. The van der Waals surface area contributed by atoms with Gasteiger partial charge in [-0.05, 0) is 0 Å². The Balaban J connectivity index is 3.07. The Morgan fingerprint density at radius 3 is 2.69 bits per heavy atom. The van der Waals surface area contributed by atoms with Gasteiger partial charge in [0.25, 0.3) is 0 Å². The summed E-state index contributed by atoms with van der Waals surface area (Å²) in [5.74, 6) is -0.276. The Labute approximate surface area is 80.7 Å². The molecule has 0 aliphatic rings. The smallest absolute Gasteiger partial charge is 0.168 e. The Bertz CT molecular complexity index is 397. The zero-order valence-corrected chi connectivity index (χ0v) is 7.96. The lowest BCUT2D eigenvalue weighted by atomic mass is 10.4. The first-order valence-corrected chi connectivity index (χ1v) is 4.96. The van der Waals surface area contributed by atoms with Crippen LogP contribution in [0, 0.1) is 0 Å². The van der Waals surface area contributed by atoms with Crippen molar-refractivity contribution in [2.45, 2.75) is 5.75 Å². The lowest BCUT2D eigenvalue weighted by Crippen LogP contribution is -1.99. The van der Waals surface area contributed by atoms with Crippen molar-refractivity contribution in [2.75, 3.05) is 0 Å². The maximum Gasteiger partial charge on any atom is 0.168 e. The van der Waals surface area contributed by atoms with Gasteiger partial charge >= 0.3 is 0 Å². The monoisotopic (exact) mass is 220 g/mol. The molecule has 1 aromatic rings. The van der Waals surface area contributed by atoms with Crippen molar-refractivity contribution in [3.63, 3.8) is 0 Å². The summed E-state index contributed by atoms with van der Waals surface area (Å²) < 4.78 is 20.6. The molecule has 0 unspecified atom stereocenters. The molecule has 13 heavy (non-hydrogen) atoms. The second kappa shape index (κ2) is 4.29. The van der Waals surface area contributed by atoms with Crippen LogP contribution in [0.25, 0.3) is 0 Å². The Kier molecular flexibility index (Phi) is 3.32. The normalized spacial score (nSPS) is 10.3. The number of halogens is 1. The van der Waals surface area contributed by atoms with Gasteiger partial charge in [-0.15, -0.1) is 0 Å². The molecule has 0 aliphatic carbocycles. The van der Waals surface area contributed by atoms with Crippen LogP contribution in [0.5, 0.6) is 0 Å². The SMILES string of the molecule is O=Cc1cc(Cl)nc(C[SH](=O)=O)n1. The molecule has 7 heteroatoms. The Hall–Kier alpha value is -1.01. The lowest BCUT2D eigenvalue weighted by molar-refractivity contribution is 0.111. The third-order valence-corrected chi connectivity index (χ3v) is 1.89. The van der Waals surface area contributed by atoms with Gasteiger partial charge in [0.2, 0.25) is 0 Å². The van der Waals surface area contributed by atoms with Gasteiger partial charge in [-0.25, -0.2) is 18.4 Å². The number of aromatic nitrogens is 2. The summed E-state index contributed by atoms with van der Waals surface area (Å²) in [6.45, 7) is 0. The van der Waals surface area contributed by atoms with Gasteiger partial charge in [0.1, 0.15) is 33.1 Å². The van der Waals surface area contributed by atoms with Crippen molar-refractivity contribution in [2.24, 2.45) is 0 Å². The minimum absolute atomic E-state index is 0.0331. The minimum atomic E-state index is -2.61. The van der Waals surface area contributed by atoms with Gasteiger partial charge in [0.05, 0.1) is 0 Å². The summed E-state index contributed by atoms with van der Waals surface area (Å²) in [7, 11) is -2.61. The number of nitrogens with zero attached hydrogens (tertiary/aromatic N) is 2. The molecule has 0 aromatic carbocycles. The van der Waals surface area contributed by atoms with Crippen LogP contribution in [0.15, 0.2) is 6.07 Å². The van der Waals surface area contributed by atoms with Crippen molar-refractivity contribution in [1.29, 1.82) is 0 Å². The van der Waals surface area contributed by atoms with Crippen molar-refractivity contribution in [1.82, 2.24) is 9.97 Å². The molecule has 0 fully saturated rings. The Morgan fingerprint density at radius 2 is 2.15 bits per heavy atom. The van der Waals surface area contributed by atoms with E-state index in [4.69, 9.17) is 11.6 Å². The molecular formula is C6H5ClN2O3S. The van der Waals surface area contributed by atoms with Crippen molar-refractivity contribution in [3.05, 3.63) is 22.7 Å². The van der Waals surface area contributed by atoms with Gasteiger partial charge < -0.3 is 0 Å². The van der Waals surface area contributed by atoms with E-state index in [2.05, 4.69) is 9.97 Å². The number of thiol groups is 1. The molecule has 1 rings (SSSR count). The maximum absolute atomic E-state index is 10.3. The number of carbonyl (C=O) groups excluding carboxylic acids is 1. The molecule has 1 aromatic heterocycles.